The zero-order valence-electron chi connectivity index (χ0n) is 18.3. The van der Waals surface area contributed by atoms with Crippen LogP contribution in [0.1, 0.15) is 25.1 Å². The zero-order valence-corrected chi connectivity index (χ0v) is 20.0. The van der Waals surface area contributed by atoms with Crippen LogP contribution in [0.3, 0.4) is 0 Å². The van der Waals surface area contributed by atoms with Crippen molar-refractivity contribution in [3.63, 3.8) is 0 Å². The number of benzene rings is 2. The lowest BCUT2D eigenvalue weighted by Gasteiger charge is -2.33. The lowest BCUT2D eigenvalue weighted by atomic mass is 9.84. The Bertz CT molecular complexity index is 1310. The Morgan fingerprint density at radius 3 is 2.39 bits per heavy atom. The van der Waals surface area contributed by atoms with Crippen LogP contribution in [0.4, 0.5) is 11.4 Å². The molecule has 2 aliphatic heterocycles. The minimum Gasteiger partial charge on any atom is -0.346 e. The van der Waals surface area contributed by atoms with Crippen molar-refractivity contribution in [2.24, 2.45) is 4.99 Å². The normalized spacial score (nSPS) is 23.7. The fourth-order valence-electron chi connectivity index (χ4n) is 4.83. The largest absolute Gasteiger partial charge is 0.346 e. The predicted molar refractivity (Wildman–Crippen MR) is 132 cm³/mol. The van der Waals surface area contributed by atoms with Gasteiger partial charge in [-0.25, -0.2) is 4.68 Å². The summed E-state index contributed by atoms with van der Waals surface area (Å²) in [6.07, 6.45) is -0.722. The first-order chi connectivity index (χ1) is 14.8. The Kier molecular flexibility index (Phi) is 4.60. The third-order valence-corrected chi connectivity index (χ3v) is 10.3. The highest BCUT2D eigenvalue weighted by Crippen LogP contribution is 2.62. The van der Waals surface area contributed by atoms with Crippen molar-refractivity contribution < 1.29 is 4.52 Å². The number of aryl methyl sites for hydroxylation is 1. The molecule has 0 aliphatic carbocycles. The monoisotopic (exact) mass is 448 g/mol. The summed E-state index contributed by atoms with van der Waals surface area (Å²) in [5.74, 6) is 0. The van der Waals surface area contributed by atoms with Crippen molar-refractivity contribution in [2.75, 3.05) is 19.1 Å². The molecule has 5 rings (SSSR count). The molecule has 3 aromatic rings. The molecule has 1 aromatic heterocycles. The van der Waals surface area contributed by atoms with Gasteiger partial charge in [-0.15, -0.1) is 0 Å². The smallest absolute Gasteiger partial charge is 0.146 e. The van der Waals surface area contributed by atoms with E-state index >= 15 is 0 Å². The Hall–Kier alpha value is -2.53. The molecule has 3 heterocycles. The average molecular weight is 449 g/mol. The van der Waals surface area contributed by atoms with Gasteiger partial charge in [-0.1, -0.05) is 62.1 Å². The number of anilines is 1. The average Bonchev–Trinajstić information content (AvgIpc) is 3.22. The molecule has 1 atom stereocenters. The van der Waals surface area contributed by atoms with Gasteiger partial charge in [-0.3, -0.25) is 4.99 Å². The summed E-state index contributed by atoms with van der Waals surface area (Å²) < 4.78 is 8.17. The molecule has 0 bridgehead atoms. The van der Waals surface area contributed by atoms with E-state index in [-0.39, 0.29) is 5.41 Å². The van der Waals surface area contributed by atoms with Crippen LogP contribution in [0.5, 0.6) is 0 Å². The molecule has 31 heavy (non-hydrogen) atoms. The molecule has 0 radical (unpaired) electrons. The van der Waals surface area contributed by atoms with Gasteiger partial charge in [0, 0.05) is 37.2 Å². The quantitative estimate of drug-likeness (QED) is 0.506. The van der Waals surface area contributed by atoms with E-state index in [1.807, 2.05) is 48.2 Å². The Balaban J connectivity index is 1.81. The van der Waals surface area contributed by atoms with Crippen LogP contribution in [-0.4, -0.2) is 30.2 Å². The number of hydrogen-bond acceptors (Lipinski definition) is 5. The minimum absolute atomic E-state index is 0.223. The summed E-state index contributed by atoms with van der Waals surface area (Å²) >= 11 is 6.39. The van der Waals surface area contributed by atoms with Gasteiger partial charge in [0.2, 0.25) is 0 Å². The van der Waals surface area contributed by atoms with Crippen LogP contribution in [0.2, 0.25) is 0 Å². The van der Waals surface area contributed by atoms with Crippen molar-refractivity contribution in [1.29, 1.82) is 0 Å². The van der Waals surface area contributed by atoms with E-state index in [4.69, 9.17) is 26.4 Å². The molecule has 0 fully saturated rings. The topological polar surface area (TPSA) is 42.6 Å². The predicted octanol–water partition coefficient (Wildman–Crippen LogP) is 5.20. The van der Waals surface area contributed by atoms with E-state index in [1.54, 1.807) is 7.11 Å². The van der Waals surface area contributed by atoms with Crippen molar-refractivity contribution in [1.82, 2.24) is 9.78 Å². The lowest BCUT2D eigenvalue weighted by Crippen LogP contribution is -2.29. The first-order valence-corrected chi connectivity index (χ1v) is 13.0. The maximum absolute atomic E-state index is 6.39. The van der Waals surface area contributed by atoms with Crippen molar-refractivity contribution in [2.45, 2.75) is 26.2 Å². The molecule has 158 valence electrons. The van der Waals surface area contributed by atoms with E-state index in [0.717, 1.165) is 33.5 Å². The molecule has 2 aliphatic rings. The van der Waals surface area contributed by atoms with Gasteiger partial charge in [0.15, 0.2) is 0 Å². The van der Waals surface area contributed by atoms with E-state index in [1.165, 1.54) is 11.3 Å². The summed E-state index contributed by atoms with van der Waals surface area (Å²) in [5, 5.41) is 5.79. The minimum atomic E-state index is -2.65. The molecule has 0 saturated heterocycles. The number of aliphatic imine (C=N–C) groups is 1. The van der Waals surface area contributed by atoms with E-state index in [9.17, 15) is 0 Å². The fraction of sp³-hybridized carbons (Fsp3) is 0.250. The maximum Gasteiger partial charge on any atom is 0.146 e. The zero-order chi connectivity index (χ0) is 22.0. The van der Waals surface area contributed by atoms with Gasteiger partial charge in [0.25, 0.3) is 0 Å². The second-order valence-electron chi connectivity index (χ2n) is 8.43. The van der Waals surface area contributed by atoms with Gasteiger partial charge in [0.1, 0.15) is 17.4 Å². The number of allylic oxidation sites excluding steroid dienone is 2. The second kappa shape index (κ2) is 6.99. The number of fused-ring (bicyclic) bond motifs is 2. The Morgan fingerprint density at radius 1 is 1.03 bits per heavy atom. The van der Waals surface area contributed by atoms with Crippen molar-refractivity contribution in [3.8, 4) is 5.69 Å². The van der Waals surface area contributed by atoms with Crippen LogP contribution in [0, 0.1) is 6.92 Å². The fourth-order valence-corrected chi connectivity index (χ4v) is 8.14. The van der Waals surface area contributed by atoms with Crippen LogP contribution < -0.4 is 10.3 Å². The Morgan fingerprint density at radius 2 is 1.71 bits per heavy atom. The first kappa shape index (κ1) is 20.4. The van der Waals surface area contributed by atoms with Crippen molar-refractivity contribution >= 4 is 41.1 Å². The number of likely N-dealkylation sites (N-methyl/N-ethyl adjacent to an activating group) is 1. The molecular formula is C24H25N4OPS. The number of para-hydroxylation sites is 2. The first-order valence-electron chi connectivity index (χ1n) is 10.2. The number of aromatic nitrogens is 2. The van der Waals surface area contributed by atoms with E-state index in [2.05, 4.69) is 50.1 Å². The summed E-state index contributed by atoms with van der Waals surface area (Å²) in [7, 11) is 3.82. The molecule has 0 unspecified atom stereocenters. The van der Waals surface area contributed by atoms with Crippen molar-refractivity contribution in [3.05, 3.63) is 76.9 Å². The number of nitrogens with zero attached hydrogens (tertiary/aromatic N) is 4. The van der Waals surface area contributed by atoms with Crippen LogP contribution in [-0.2, 0) is 21.7 Å². The van der Waals surface area contributed by atoms with E-state index < -0.39 is 6.26 Å². The van der Waals surface area contributed by atoms with E-state index in [0.29, 0.717) is 0 Å². The summed E-state index contributed by atoms with van der Waals surface area (Å²) in [6, 6.07) is 18.6. The highest BCUT2D eigenvalue weighted by atomic mass is 32.4. The summed E-state index contributed by atoms with van der Waals surface area (Å²) in [6.45, 7) is 6.47. The summed E-state index contributed by atoms with van der Waals surface area (Å²) in [5.41, 5.74) is 6.93. The van der Waals surface area contributed by atoms with Gasteiger partial charge in [-0.2, -0.15) is 5.10 Å². The van der Waals surface area contributed by atoms with Gasteiger partial charge in [0.05, 0.1) is 16.7 Å². The number of hydrogen-bond donors (Lipinski definition) is 0. The molecule has 2 aromatic carbocycles. The molecule has 5 nitrogen and oxygen atoms in total. The highest BCUT2D eigenvalue weighted by Gasteiger charge is 2.46. The molecule has 0 saturated carbocycles. The third-order valence-electron chi connectivity index (χ3n) is 6.28. The molecule has 7 heteroatoms. The van der Waals surface area contributed by atoms with Gasteiger partial charge in [-0.05, 0) is 30.7 Å². The van der Waals surface area contributed by atoms with Crippen LogP contribution in [0.25, 0.3) is 5.69 Å². The number of rotatable bonds is 2. The van der Waals surface area contributed by atoms with Crippen LogP contribution in [0.15, 0.2) is 70.6 Å². The van der Waals surface area contributed by atoms with Gasteiger partial charge < -0.3 is 9.42 Å². The molecule has 0 N–H and O–H groups in total. The second-order valence-corrected chi connectivity index (χ2v) is 12.3. The molecule has 0 spiro atoms. The lowest BCUT2D eigenvalue weighted by molar-refractivity contribution is 0.468. The summed E-state index contributed by atoms with van der Waals surface area (Å²) in [4.78, 5) is 7.11. The highest BCUT2D eigenvalue weighted by molar-refractivity contribution is 8.18. The van der Waals surface area contributed by atoms with Crippen LogP contribution >= 0.6 is 6.26 Å². The SMILES string of the molecule is CO[P@]1(=S)/C(=C2/N(C)c3ccccc3C2(C)C)C=Nc2c(C)nn(-c3ccccc3)c21. The molecule has 0 amide bonds. The maximum atomic E-state index is 6.39. The molecular weight excluding hydrogens is 423 g/mol. The van der Waals surface area contributed by atoms with Gasteiger partial charge >= 0.3 is 0 Å². The third kappa shape index (κ3) is 2.75. The standard InChI is InChI=1S/C24H25N4OPS/c1-16-21-23(28(26-16)17-11-7-6-8-12-17)30(31,29-5)20(15-25-21)22-24(2,3)18-13-9-10-14-19(18)27(22)4/h6-15H,1-5H3/b22-20+/t30-/m0/s1. The Labute approximate surface area is 188 Å².